The van der Waals surface area contributed by atoms with Crippen LogP contribution in [-0.2, 0) is 20.9 Å². The van der Waals surface area contributed by atoms with Crippen LogP contribution in [0, 0.1) is 34.5 Å². The number of ether oxygens (including phenoxy) is 1. The zero-order valence-corrected chi connectivity index (χ0v) is 25.5. The summed E-state index contributed by atoms with van der Waals surface area (Å²) >= 11 is 0. The van der Waals surface area contributed by atoms with E-state index in [1.807, 2.05) is 33.8 Å². The molecule has 0 heterocycles. The highest BCUT2D eigenvalue weighted by atomic mass is 16.7. The number of amides is 1. The molecule has 7 heteroatoms. The SMILES string of the molecule is C/C(=N/OC(=O)c1ccc(CNC(=O)OC(C)(C)C)cc1)[C@H]1CC[C@H]2[C@@H]3CCC4=CC(=O)CC[C@]4(C)[C@H]3CC[C@]12C. The molecular weight excluding hydrogens is 516 g/mol. The fourth-order valence-corrected chi connectivity index (χ4v) is 8.72. The predicted molar refractivity (Wildman–Crippen MR) is 158 cm³/mol. The lowest BCUT2D eigenvalue weighted by atomic mass is 9.46. The van der Waals surface area contributed by atoms with Crippen LogP contribution in [0.25, 0.3) is 0 Å². The van der Waals surface area contributed by atoms with Crippen molar-refractivity contribution in [1.29, 1.82) is 0 Å². The Balaban J connectivity index is 1.19. The molecule has 0 unspecified atom stereocenters. The Morgan fingerprint density at radius 3 is 2.44 bits per heavy atom. The second kappa shape index (κ2) is 11.0. The number of fused-ring (bicyclic) bond motifs is 5. The van der Waals surface area contributed by atoms with Crippen molar-refractivity contribution in [3.05, 3.63) is 47.0 Å². The summed E-state index contributed by atoms with van der Waals surface area (Å²) in [6.07, 6.45) is 10.0. The normalized spacial score (nSPS) is 33.2. The number of benzene rings is 1. The number of nitrogens with zero attached hydrogens (tertiary/aromatic N) is 1. The van der Waals surface area contributed by atoms with Crippen molar-refractivity contribution in [3.8, 4) is 0 Å². The van der Waals surface area contributed by atoms with Crippen molar-refractivity contribution in [3.63, 3.8) is 0 Å². The molecule has 1 amide bonds. The molecule has 1 aromatic carbocycles. The summed E-state index contributed by atoms with van der Waals surface area (Å²) in [6, 6.07) is 6.97. The summed E-state index contributed by atoms with van der Waals surface area (Å²) in [5, 5.41) is 7.09. The van der Waals surface area contributed by atoms with E-state index < -0.39 is 17.7 Å². The molecule has 4 aliphatic carbocycles. The highest BCUT2D eigenvalue weighted by molar-refractivity contribution is 5.92. The average Bonchev–Trinajstić information content (AvgIpc) is 3.27. The van der Waals surface area contributed by atoms with Crippen molar-refractivity contribution in [2.24, 2.45) is 39.7 Å². The molecule has 222 valence electrons. The van der Waals surface area contributed by atoms with Gasteiger partial charge in [-0.05, 0) is 125 Å². The number of ketones is 1. The largest absolute Gasteiger partial charge is 0.444 e. The van der Waals surface area contributed by atoms with E-state index in [0.29, 0.717) is 48.0 Å². The maximum absolute atomic E-state index is 12.8. The van der Waals surface area contributed by atoms with Crippen LogP contribution in [0.15, 0.2) is 41.1 Å². The van der Waals surface area contributed by atoms with E-state index in [4.69, 9.17) is 9.57 Å². The second-order valence-electron chi connectivity index (χ2n) is 14.3. The third-order valence-corrected chi connectivity index (χ3v) is 10.8. The number of carbonyl (C=O) groups is 3. The van der Waals surface area contributed by atoms with Crippen LogP contribution in [0.2, 0.25) is 0 Å². The maximum atomic E-state index is 12.8. The number of allylic oxidation sites excluding steroid dienone is 1. The van der Waals surface area contributed by atoms with E-state index in [1.54, 1.807) is 24.3 Å². The van der Waals surface area contributed by atoms with Gasteiger partial charge in [0.05, 0.1) is 11.3 Å². The molecule has 0 aromatic heterocycles. The van der Waals surface area contributed by atoms with E-state index in [9.17, 15) is 14.4 Å². The summed E-state index contributed by atoms with van der Waals surface area (Å²) in [7, 11) is 0. The Labute approximate surface area is 244 Å². The van der Waals surface area contributed by atoms with Crippen LogP contribution in [-0.4, -0.2) is 29.2 Å². The second-order valence-corrected chi connectivity index (χ2v) is 14.3. The molecule has 1 aromatic rings. The maximum Gasteiger partial charge on any atom is 0.407 e. The molecule has 0 spiro atoms. The van der Waals surface area contributed by atoms with Crippen molar-refractivity contribution in [1.82, 2.24) is 5.32 Å². The lowest BCUT2D eigenvalue weighted by Crippen LogP contribution is -2.51. The van der Waals surface area contributed by atoms with Gasteiger partial charge in [-0.1, -0.05) is 36.7 Å². The van der Waals surface area contributed by atoms with E-state index in [2.05, 4.69) is 24.3 Å². The number of carbonyl (C=O) groups excluding carboxylic acids is 3. The van der Waals surface area contributed by atoms with Gasteiger partial charge < -0.3 is 14.9 Å². The van der Waals surface area contributed by atoms with Gasteiger partial charge in [-0.15, -0.1) is 0 Å². The molecule has 0 bridgehead atoms. The molecule has 4 aliphatic rings. The molecule has 0 aliphatic heterocycles. The third-order valence-electron chi connectivity index (χ3n) is 10.8. The zero-order chi connectivity index (χ0) is 29.6. The van der Waals surface area contributed by atoms with Crippen molar-refractivity contribution < 1.29 is 24.0 Å². The summed E-state index contributed by atoms with van der Waals surface area (Å²) in [5.74, 6) is 2.12. The molecule has 6 atom stereocenters. The van der Waals surface area contributed by atoms with Crippen LogP contribution in [0.5, 0.6) is 0 Å². The first kappa shape index (κ1) is 29.5. The first-order valence-electron chi connectivity index (χ1n) is 15.4. The molecular formula is C34H46N2O5. The number of oxime groups is 1. The van der Waals surface area contributed by atoms with Gasteiger partial charge in [0.2, 0.25) is 0 Å². The fraction of sp³-hybridized carbons (Fsp3) is 0.647. The number of nitrogens with one attached hydrogen (secondary N) is 1. The lowest BCUT2D eigenvalue weighted by Gasteiger charge is -2.58. The molecule has 41 heavy (non-hydrogen) atoms. The summed E-state index contributed by atoms with van der Waals surface area (Å²) in [5.41, 5.74) is 3.37. The van der Waals surface area contributed by atoms with E-state index in [-0.39, 0.29) is 10.8 Å². The molecule has 3 fully saturated rings. The first-order valence-corrected chi connectivity index (χ1v) is 15.4. The number of rotatable bonds is 5. The van der Waals surface area contributed by atoms with Gasteiger partial charge in [-0.2, -0.15) is 0 Å². The number of hydrogen-bond acceptors (Lipinski definition) is 6. The minimum absolute atomic E-state index is 0.159. The number of alkyl carbamates (subject to hydrolysis) is 1. The quantitative estimate of drug-likeness (QED) is 0.229. The van der Waals surface area contributed by atoms with Crippen molar-refractivity contribution >= 4 is 23.6 Å². The number of hydrogen-bond donors (Lipinski definition) is 1. The minimum atomic E-state index is -0.555. The van der Waals surface area contributed by atoms with Crippen LogP contribution >= 0.6 is 0 Å². The predicted octanol–water partition coefficient (Wildman–Crippen LogP) is 7.39. The molecule has 1 N–H and O–H groups in total. The Hall–Kier alpha value is -2.96. The van der Waals surface area contributed by atoms with Gasteiger partial charge in [0.15, 0.2) is 5.78 Å². The van der Waals surface area contributed by atoms with E-state index in [0.717, 1.165) is 37.0 Å². The standard InChI is InChI=1S/C34H46N2O5/c1-21(36-41-30(38)23-9-7-22(8-10-23)20-35-31(39)40-32(2,3)4)27-13-14-28-26-12-11-24-19-25(37)15-17-33(24,5)29(26)16-18-34(27,28)6/h7-10,19,26-29H,11-18,20H2,1-6H3,(H,35,39)/b36-21-/t26-,27+,28-,29-,33-,34+/m0/s1. The fourth-order valence-electron chi connectivity index (χ4n) is 8.72. The highest BCUT2D eigenvalue weighted by Crippen LogP contribution is 2.66. The van der Waals surface area contributed by atoms with Gasteiger partial charge in [0, 0.05) is 18.9 Å². The van der Waals surface area contributed by atoms with Gasteiger partial charge in [-0.3, -0.25) is 4.79 Å². The first-order chi connectivity index (χ1) is 19.3. The highest BCUT2D eigenvalue weighted by Gasteiger charge is 2.59. The molecule has 5 rings (SSSR count). The van der Waals surface area contributed by atoms with Crippen molar-refractivity contribution in [2.45, 2.75) is 105 Å². The smallest absolute Gasteiger partial charge is 0.407 e. The topological polar surface area (TPSA) is 94.1 Å². The van der Waals surface area contributed by atoms with Crippen LogP contribution < -0.4 is 5.32 Å². The summed E-state index contributed by atoms with van der Waals surface area (Å²) in [6.45, 7) is 12.6. The third kappa shape index (κ3) is 5.87. The van der Waals surface area contributed by atoms with E-state index in [1.165, 1.54) is 24.8 Å². The Kier molecular flexibility index (Phi) is 7.95. The summed E-state index contributed by atoms with van der Waals surface area (Å²) < 4.78 is 5.26. The summed E-state index contributed by atoms with van der Waals surface area (Å²) in [4.78, 5) is 42.3. The van der Waals surface area contributed by atoms with Gasteiger partial charge >= 0.3 is 12.1 Å². The van der Waals surface area contributed by atoms with Crippen LogP contribution in [0.3, 0.4) is 0 Å². The minimum Gasteiger partial charge on any atom is -0.444 e. The molecule has 0 radical (unpaired) electrons. The monoisotopic (exact) mass is 562 g/mol. The van der Waals surface area contributed by atoms with Crippen LogP contribution in [0.1, 0.15) is 109 Å². The molecule has 3 saturated carbocycles. The van der Waals surface area contributed by atoms with Crippen molar-refractivity contribution in [2.75, 3.05) is 0 Å². The lowest BCUT2D eigenvalue weighted by molar-refractivity contribution is -0.117. The molecule has 0 saturated heterocycles. The Morgan fingerprint density at radius 1 is 1.00 bits per heavy atom. The Morgan fingerprint density at radius 2 is 1.73 bits per heavy atom. The van der Waals surface area contributed by atoms with Crippen LogP contribution in [0.4, 0.5) is 4.79 Å². The van der Waals surface area contributed by atoms with Gasteiger partial charge in [-0.25, -0.2) is 9.59 Å². The average molecular weight is 563 g/mol. The van der Waals surface area contributed by atoms with Gasteiger partial charge in [0.1, 0.15) is 5.60 Å². The molecule has 7 nitrogen and oxygen atoms in total. The zero-order valence-electron chi connectivity index (χ0n) is 25.5. The van der Waals surface area contributed by atoms with E-state index >= 15 is 0 Å². The Bertz CT molecular complexity index is 1260. The van der Waals surface area contributed by atoms with Gasteiger partial charge in [0.25, 0.3) is 0 Å².